The van der Waals surface area contributed by atoms with Gasteiger partial charge >= 0.3 is 5.97 Å². The van der Waals surface area contributed by atoms with Gasteiger partial charge in [-0.05, 0) is 18.4 Å². The van der Waals surface area contributed by atoms with Gasteiger partial charge in [-0.3, -0.25) is 19.2 Å². The number of hydrogen-bond acceptors (Lipinski definition) is 8. The Balaban J connectivity index is 4.57. The van der Waals surface area contributed by atoms with Crippen molar-refractivity contribution in [3.8, 4) is 0 Å². The summed E-state index contributed by atoms with van der Waals surface area (Å²) in [6.45, 7) is -0.488. The molecule has 0 aromatic carbocycles. The zero-order chi connectivity index (χ0) is 21.0. The van der Waals surface area contributed by atoms with Gasteiger partial charge in [0.25, 0.3) is 0 Å². The van der Waals surface area contributed by atoms with Crippen LogP contribution in [0.25, 0.3) is 0 Å². The molecule has 4 amide bonds. The van der Waals surface area contributed by atoms with Crippen LogP contribution >= 0.6 is 24.4 Å². The SMILES string of the molecule is CSCCC(NC(=O)C(CS)NC(=O)CNC(=O)C(N)CC(N)=O)C(=O)O. The van der Waals surface area contributed by atoms with Gasteiger partial charge in [-0.15, -0.1) is 0 Å². The number of primary amides is 1. The second-order valence-corrected chi connectivity index (χ2v) is 6.83. The summed E-state index contributed by atoms with van der Waals surface area (Å²) in [5, 5.41) is 16.0. The predicted molar refractivity (Wildman–Crippen MR) is 103 cm³/mol. The molecule has 11 nitrogen and oxygen atoms in total. The number of hydrogen-bond donors (Lipinski definition) is 7. The number of aliphatic carboxylic acids is 1. The molecule has 0 aliphatic carbocycles. The lowest BCUT2D eigenvalue weighted by atomic mass is 10.2. The summed E-state index contributed by atoms with van der Waals surface area (Å²) in [6, 6.07) is -3.36. The first-order valence-corrected chi connectivity index (χ1v) is 9.88. The summed E-state index contributed by atoms with van der Waals surface area (Å²) in [4.78, 5) is 57.5. The van der Waals surface area contributed by atoms with E-state index < -0.39 is 54.3 Å². The van der Waals surface area contributed by atoms with Gasteiger partial charge in [-0.25, -0.2) is 4.79 Å². The van der Waals surface area contributed by atoms with E-state index >= 15 is 0 Å². The third kappa shape index (κ3) is 10.7. The molecule has 13 heteroatoms. The van der Waals surface area contributed by atoms with Crippen molar-refractivity contribution in [2.75, 3.05) is 24.3 Å². The first kappa shape index (κ1) is 25.0. The highest BCUT2D eigenvalue weighted by Crippen LogP contribution is 2.02. The molecule has 0 aromatic rings. The molecule has 0 saturated carbocycles. The summed E-state index contributed by atoms with van der Waals surface area (Å²) in [6.07, 6.45) is 1.66. The molecule has 0 radical (unpaired) electrons. The highest BCUT2D eigenvalue weighted by molar-refractivity contribution is 7.98. The van der Waals surface area contributed by atoms with E-state index in [4.69, 9.17) is 16.6 Å². The topological polar surface area (TPSA) is 194 Å². The van der Waals surface area contributed by atoms with Crippen LogP contribution in [0.1, 0.15) is 12.8 Å². The lowest BCUT2D eigenvalue weighted by Crippen LogP contribution is -2.54. The molecule has 27 heavy (non-hydrogen) atoms. The molecule has 0 aliphatic rings. The third-order valence-corrected chi connectivity index (χ3v) is 4.25. The van der Waals surface area contributed by atoms with Crippen molar-refractivity contribution in [3.05, 3.63) is 0 Å². The largest absolute Gasteiger partial charge is 0.480 e. The standard InChI is InChI=1S/C14H25N5O6S2/c1-27-3-2-8(14(24)25)19-13(23)9(6-26)18-11(21)5-17-12(22)7(15)4-10(16)20/h7-9,26H,2-6,15H2,1H3,(H2,16,20)(H,17,22)(H,18,21)(H,19,23)(H,24,25). The minimum atomic E-state index is -1.19. The van der Waals surface area contributed by atoms with Crippen molar-refractivity contribution in [1.29, 1.82) is 0 Å². The van der Waals surface area contributed by atoms with Crippen LogP contribution in [0.15, 0.2) is 0 Å². The summed E-state index contributed by atoms with van der Waals surface area (Å²) in [7, 11) is 0. The number of nitrogens with one attached hydrogen (secondary N) is 3. The Labute approximate surface area is 166 Å². The molecule has 0 rings (SSSR count). The lowest BCUT2D eigenvalue weighted by Gasteiger charge is -2.20. The Hall–Kier alpha value is -1.99. The highest BCUT2D eigenvalue weighted by Gasteiger charge is 2.25. The lowest BCUT2D eigenvalue weighted by molar-refractivity contribution is -0.142. The smallest absolute Gasteiger partial charge is 0.326 e. The summed E-state index contributed by atoms with van der Waals surface area (Å²) >= 11 is 5.40. The molecule has 3 atom stereocenters. The van der Waals surface area contributed by atoms with Crippen molar-refractivity contribution in [2.45, 2.75) is 31.0 Å². The quantitative estimate of drug-likeness (QED) is 0.153. The third-order valence-electron chi connectivity index (χ3n) is 3.24. The fourth-order valence-corrected chi connectivity index (χ4v) is 2.54. The predicted octanol–water partition coefficient (Wildman–Crippen LogP) is -2.96. The van der Waals surface area contributed by atoms with Crippen LogP contribution in [0.2, 0.25) is 0 Å². The average Bonchev–Trinajstić information content (AvgIpc) is 2.59. The Bertz CT molecular complexity index is 562. The fourth-order valence-electron chi connectivity index (χ4n) is 1.81. The van der Waals surface area contributed by atoms with E-state index in [-0.39, 0.29) is 18.6 Å². The van der Waals surface area contributed by atoms with Gasteiger partial charge in [-0.1, -0.05) is 0 Å². The van der Waals surface area contributed by atoms with Crippen molar-refractivity contribution in [3.63, 3.8) is 0 Å². The van der Waals surface area contributed by atoms with Crippen LogP contribution < -0.4 is 27.4 Å². The van der Waals surface area contributed by atoms with Gasteiger partial charge in [-0.2, -0.15) is 24.4 Å². The van der Waals surface area contributed by atoms with Gasteiger partial charge < -0.3 is 32.5 Å². The molecule has 0 aliphatic heterocycles. The summed E-state index contributed by atoms with van der Waals surface area (Å²) in [5.41, 5.74) is 10.3. The van der Waals surface area contributed by atoms with E-state index in [2.05, 4.69) is 28.6 Å². The molecule has 0 saturated heterocycles. The second kappa shape index (κ2) is 13.2. The van der Waals surface area contributed by atoms with E-state index in [1.165, 1.54) is 11.8 Å². The minimum absolute atomic E-state index is 0.0818. The number of rotatable bonds is 13. The zero-order valence-electron chi connectivity index (χ0n) is 14.8. The number of amides is 4. The molecular formula is C14H25N5O6S2. The number of carbonyl (C=O) groups is 5. The van der Waals surface area contributed by atoms with Gasteiger partial charge in [0.1, 0.15) is 12.1 Å². The van der Waals surface area contributed by atoms with Crippen LogP contribution in [0, 0.1) is 0 Å². The maximum atomic E-state index is 12.2. The number of carboxylic acid groups (broad SMARTS) is 1. The van der Waals surface area contributed by atoms with E-state index in [0.29, 0.717) is 5.75 Å². The summed E-state index contributed by atoms with van der Waals surface area (Å²) < 4.78 is 0. The Morgan fingerprint density at radius 1 is 1.11 bits per heavy atom. The molecule has 0 heterocycles. The highest BCUT2D eigenvalue weighted by atomic mass is 32.2. The second-order valence-electron chi connectivity index (χ2n) is 5.48. The minimum Gasteiger partial charge on any atom is -0.480 e. The monoisotopic (exact) mass is 423 g/mol. The van der Waals surface area contributed by atoms with Crippen molar-refractivity contribution in [1.82, 2.24) is 16.0 Å². The van der Waals surface area contributed by atoms with E-state index in [1.807, 2.05) is 0 Å². The van der Waals surface area contributed by atoms with Crippen LogP contribution in [-0.2, 0) is 24.0 Å². The molecule has 0 aromatic heterocycles. The molecule has 154 valence electrons. The molecule has 0 fully saturated rings. The van der Waals surface area contributed by atoms with Gasteiger partial charge in [0.2, 0.25) is 23.6 Å². The van der Waals surface area contributed by atoms with Crippen molar-refractivity contribution >= 4 is 54.0 Å². The number of thioether (sulfide) groups is 1. The van der Waals surface area contributed by atoms with Gasteiger partial charge in [0.15, 0.2) is 0 Å². The van der Waals surface area contributed by atoms with E-state index in [0.717, 1.165) is 0 Å². The van der Waals surface area contributed by atoms with Crippen LogP contribution in [-0.4, -0.2) is 77.1 Å². The Morgan fingerprint density at radius 2 is 1.74 bits per heavy atom. The van der Waals surface area contributed by atoms with E-state index in [1.54, 1.807) is 6.26 Å². The number of carboxylic acids is 1. The summed E-state index contributed by atoms with van der Waals surface area (Å²) in [5.74, 6) is -3.66. The normalized spacial score (nSPS) is 13.7. The molecular weight excluding hydrogens is 398 g/mol. The first-order chi connectivity index (χ1) is 12.6. The van der Waals surface area contributed by atoms with Crippen LogP contribution in [0.3, 0.4) is 0 Å². The Morgan fingerprint density at radius 3 is 2.22 bits per heavy atom. The fraction of sp³-hybridized carbons (Fsp3) is 0.643. The molecule has 0 bridgehead atoms. The number of nitrogens with two attached hydrogens (primary N) is 2. The Kier molecular flexibility index (Phi) is 12.2. The number of carbonyl (C=O) groups excluding carboxylic acids is 4. The molecule has 0 spiro atoms. The molecule has 3 unspecified atom stereocenters. The van der Waals surface area contributed by atoms with Gasteiger partial charge in [0.05, 0.1) is 19.0 Å². The zero-order valence-corrected chi connectivity index (χ0v) is 16.5. The van der Waals surface area contributed by atoms with Crippen LogP contribution in [0.4, 0.5) is 0 Å². The maximum Gasteiger partial charge on any atom is 0.326 e. The van der Waals surface area contributed by atoms with Crippen molar-refractivity contribution < 1.29 is 29.1 Å². The van der Waals surface area contributed by atoms with Gasteiger partial charge in [0, 0.05) is 5.75 Å². The number of thiol groups is 1. The van der Waals surface area contributed by atoms with Crippen molar-refractivity contribution in [2.24, 2.45) is 11.5 Å². The molecule has 8 N–H and O–H groups in total. The van der Waals surface area contributed by atoms with Crippen LogP contribution in [0.5, 0.6) is 0 Å². The average molecular weight is 424 g/mol. The van der Waals surface area contributed by atoms with E-state index in [9.17, 15) is 24.0 Å². The maximum absolute atomic E-state index is 12.2. The first-order valence-electron chi connectivity index (χ1n) is 7.86.